The lowest BCUT2D eigenvalue weighted by atomic mass is 10.1. The molecule has 20 heavy (non-hydrogen) atoms. The molecule has 6 heteroatoms. The summed E-state index contributed by atoms with van der Waals surface area (Å²) in [7, 11) is 1.62. The van der Waals surface area contributed by atoms with Crippen LogP contribution in [0.25, 0.3) is 10.6 Å². The van der Waals surface area contributed by atoms with Crippen molar-refractivity contribution in [3.8, 4) is 16.3 Å². The SMILES string of the molecule is COc1cccc(-c2nc(C(C)C)c(C(=O)NN)s2)c1. The molecule has 5 nitrogen and oxygen atoms in total. The lowest BCUT2D eigenvalue weighted by Gasteiger charge is -2.03. The number of methoxy groups -OCH3 is 1. The number of nitrogens with zero attached hydrogens (tertiary/aromatic N) is 1. The van der Waals surface area contributed by atoms with E-state index in [1.54, 1.807) is 7.11 Å². The van der Waals surface area contributed by atoms with Crippen molar-refractivity contribution >= 4 is 17.2 Å². The average molecular weight is 291 g/mol. The first-order valence-corrected chi connectivity index (χ1v) is 7.04. The van der Waals surface area contributed by atoms with Crippen molar-refractivity contribution in [2.24, 2.45) is 5.84 Å². The smallest absolute Gasteiger partial charge is 0.277 e. The van der Waals surface area contributed by atoms with Gasteiger partial charge in [0.1, 0.15) is 15.6 Å². The summed E-state index contributed by atoms with van der Waals surface area (Å²) in [4.78, 5) is 16.9. The standard InChI is InChI=1S/C14H17N3O2S/c1-8(2)11-12(13(18)17-15)20-14(16-11)9-5-4-6-10(7-9)19-3/h4-8H,15H2,1-3H3,(H,17,18). The highest BCUT2D eigenvalue weighted by Crippen LogP contribution is 2.33. The average Bonchev–Trinajstić information content (AvgIpc) is 2.92. The Labute approximate surface area is 121 Å². The summed E-state index contributed by atoms with van der Waals surface area (Å²) >= 11 is 1.33. The van der Waals surface area contributed by atoms with E-state index < -0.39 is 0 Å². The highest BCUT2D eigenvalue weighted by atomic mass is 32.1. The number of hydrazine groups is 1. The van der Waals surface area contributed by atoms with E-state index in [1.165, 1.54) is 11.3 Å². The van der Waals surface area contributed by atoms with Gasteiger partial charge in [0.05, 0.1) is 12.8 Å². The zero-order chi connectivity index (χ0) is 14.7. The normalized spacial score (nSPS) is 10.7. The maximum absolute atomic E-state index is 11.8. The van der Waals surface area contributed by atoms with Crippen LogP contribution in [0, 0.1) is 0 Å². The molecule has 1 aromatic carbocycles. The lowest BCUT2D eigenvalue weighted by Crippen LogP contribution is -2.30. The number of nitrogens with two attached hydrogens (primary N) is 1. The second kappa shape index (κ2) is 6.02. The predicted molar refractivity (Wildman–Crippen MR) is 79.8 cm³/mol. The van der Waals surface area contributed by atoms with Crippen molar-refractivity contribution < 1.29 is 9.53 Å². The van der Waals surface area contributed by atoms with Gasteiger partial charge >= 0.3 is 0 Å². The number of rotatable bonds is 4. The maximum Gasteiger partial charge on any atom is 0.277 e. The minimum Gasteiger partial charge on any atom is -0.497 e. The fourth-order valence-corrected chi connectivity index (χ4v) is 2.95. The van der Waals surface area contributed by atoms with E-state index in [-0.39, 0.29) is 11.8 Å². The van der Waals surface area contributed by atoms with Gasteiger partial charge in [-0.2, -0.15) is 0 Å². The van der Waals surface area contributed by atoms with E-state index in [9.17, 15) is 4.79 Å². The first-order valence-electron chi connectivity index (χ1n) is 6.23. The van der Waals surface area contributed by atoms with Gasteiger partial charge in [-0.3, -0.25) is 10.2 Å². The van der Waals surface area contributed by atoms with Crippen molar-refractivity contribution in [3.63, 3.8) is 0 Å². The number of hydrogen-bond donors (Lipinski definition) is 2. The number of hydrogen-bond acceptors (Lipinski definition) is 5. The summed E-state index contributed by atoms with van der Waals surface area (Å²) in [5.41, 5.74) is 3.85. The van der Waals surface area contributed by atoms with Crippen LogP contribution in [0.15, 0.2) is 24.3 Å². The first kappa shape index (κ1) is 14.5. The molecule has 106 valence electrons. The number of benzene rings is 1. The Kier molecular flexibility index (Phi) is 4.36. The molecule has 0 radical (unpaired) electrons. The van der Waals surface area contributed by atoms with Gasteiger partial charge in [0.25, 0.3) is 5.91 Å². The number of ether oxygens (including phenoxy) is 1. The first-order chi connectivity index (χ1) is 9.56. The number of amides is 1. The van der Waals surface area contributed by atoms with Crippen molar-refractivity contribution in [3.05, 3.63) is 34.8 Å². The summed E-state index contributed by atoms with van der Waals surface area (Å²) in [5.74, 6) is 5.83. The minimum absolute atomic E-state index is 0.151. The van der Waals surface area contributed by atoms with Gasteiger partial charge in [-0.1, -0.05) is 26.0 Å². The van der Waals surface area contributed by atoms with Gasteiger partial charge in [-0.05, 0) is 18.1 Å². The highest BCUT2D eigenvalue weighted by molar-refractivity contribution is 7.17. The molecule has 2 rings (SSSR count). The minimum atomic E-state index is -0.305. The Morgan fingerprint density at radius 2 is 2.20 bits per heavy atom. The summed E-state index contributed by atoms with van der Waals surface area (Å²) in [6.07, 6.45) is 0. The Bertz CT molecular complexity index is 623. The molecular weight excluding hydrogens is 274 g/mol. The third-order valence-electron chi connectivity index (χ3n) is 2.85. The Morgan fingerprint density at radius 3 is 2.80 bits per heavy atom. The largest absolute Gasteiger partial charge is 0.497 e. The van der Waals surface area contributed by atoms with Crippen LogP contribution >= 0.6 is 11.3 Å². The van der Waals surface area contributed by atoms with Crippen molar-refractivity contribution in [1.29, 1.82) is 0 Å². The van der Waals surface area contributed by atoms with E-state index in [2.05, 4.69) is 10.4 Å². The number of carbonyl (C=O) groups is 1. The Morgan fingerprint density at radius 1 is 1.45 bits per heavy atom. The third kappa shape index (κ3) is 2.81. The molecule has 0 fully saturated rings. The van der Waals surface area contributed by atoms with E-state index in [4.69, 9.17) is 10.6 Å². The van der Waals surface area contributed by atoms with Crippen LogP contribution in [0.4, 0.5) is 0 Å². The van der Waals surface area contributed by atoms with Gasteiger partial charge < -0.3 is 4.74 Å². The molecule has 0 saturated carbocycles. The second-order valence-electron chi connectivity index (χ2n) is 4.59. The number of carbonyl (C=O) groups excluding carboxylic acids is 1. The maximum atomic E-state index is 11.8. The monoisotopic (exact) mass is 291 g/mol. The summed E-state index contributed by atoms with van der Waals surface area (Å²) in [6, 6.07) is 7.60. The number of nitrogens with one attached hydrogen (secondary N) is 1. The highest BCUT2D eigenvalue weighted by Gasteiger charge is 2.20. The van der Waals surface area contributed by atoms with Crippen LogP contribution in [-0.2, 0) is 0 Å². The number of thiazole rings is 1. The molecule has 2 aromatic rings. The molecule has 1 aromatic heterocycles. The molecule has 1 heterocycles. The number of nitrogen functional groups attached to an aromatic ring is 1. The molecule has 0 aliphatic heterocycles. The summed E-state index contributed by atoms with van der Waals surface area (Å²) in [6.45, 7) is 4.00. The molecule has 0 aliphatic rings. The molecule has 0 saturated heterocycles. The predicted octanol–water partition coefficient (Wildman–Crippen LogP) is 2.55. The fraction of sp³-hybridized carbons (Fsp3) is 0.286. The molecule has 0 unspecified atom stereocenters. The fourth-order valence-electron chi connectivity index (χ4n) is 1.83. The second-order valence-corrected chi connectivity index (χ2v) is 5.59. The van der Waals surface area contributed by atoms with Crippen LogP contribution in [0.2, 0.25) is 0 Å². The van der Waals surface area contributed by atoms with Crippen molar-refractivity contribution in [1.82, 2.24) is 10.4 Å². The number of aromatic nitrogens is 1. The third-order valence-corrected chi connectivity index (χ3v) is 3.97. The van der Waals surface area contributed by atoms with E-state index >= 15 is 0 Å². The van der Waals surface area contributed by atoms with Crippen LogP contribution < -0.4 is 16.0 Å². The van der Waals surface area contributed by atoms with E-state index in [0.717, 1.165) is 22.0 Å². The van der Waals surface area contributed by atoms with Gasteiger partial charge in [-0.25, -0.2) is 10.8 Å². The van der Waals surface area contributed by atoms with Gasteiger partial charge in [0, 0.05) is 5.56 Å². The zero-order valence-electron chi connectivity index (χ0n) is 11.6. The van der Waals surface area contributed by atoms with E-state index in [1.807, 2.05) is 38.1 Å². The molecule has 1 amide bonds. The summed E-state index contributed by atoms with van der Waals surface area (Å²) < 4.78 is 5.21. The molecular formula is C14H17N3O2S. The molecule has 0 aliphatic carbocycles. The van der Waals surface area contributed by atoms with Gasteiger partial charge in [0.2, 0.25) is 0 Å². The summed E-state index contributed by atoms with van der Waals surface area (Å²) in [5, 5.41) is 0.784. The van der Waals surface area contributed by atoms with Crippen molar-refractivity contribution in [2.45, 2.75) is 19.8 Å². The molecule has 3 N–H and O–H groups in total. The lowest BCUT2D eigenvalue weighted by molar-refractivity contribution is 0.0956. The van der Waals surface area contributed by atoms with Crippen LogP contribution in [-0.4, -0.2) is 18.0 Å². The van der Waals surface area contributed by atoms with Gasteiger partial charge in [0.15, 0.2) is 0 Å². The van der Waals surface area contributed by atoms with Gasteiger partial charge in [-0.15, -0.1) is 11.3 Å². The molecule has 0 atom stereocenters. The molecule has 0 bridgehead atoms. The Hall–Kier alpha value is -1.92. The quantitative estimate of drug-likeness (QED) is 0.515. The van der Waals surface area contributed by atoms with Crippen molar-refractivity contribution in [2.75, 3.05) is 7.11 Å². The van der Waals surface area contributed by atoms with E-state index in [0.29, 0.717) is 4.88 Å². The van der Waals surface area contributed by atoms with Crippen LogP contribution in [0.5, 0.6) is 5.75 Å². The van der Waals surface area contributed by atoms with Crippen LogP contribution in [0.3, 0.4) is 0 Å². The Balaban J connectivity index is 2.49. The van der Waals surface area contributed by atoms with Crippen LogP contribution in [0.1, 0.15) is 35.1 Å². The molecule has 0 spiro atoms. The topological polar surface area (TPSA) is 77.2 Å². The zero-order valence-corrected chi connectivity index (χ0v) is 12.5.